The summed E-state index contributed by atoms with van der Waals surface area (Å²) in [5.41, 5.74) is 10.4. The molecular weight excluding hydrogens is 438 g/mol. The summed E-state index contributed by atoms with van der Waals surface area (Å²) in [5, 5.41) is 0. The molecule has 0 aliphatic carbocycles. The number of allylic oxidation sites excluding steroid dienone is 2. The SMILES string of the molecule is CCN=C(Br)C(=CN)C(=O)C(=Nc1ccc(F)cc1C1OCCO1)C(F)=CN. The molecule has 0 bridgehead atoms. The summed E-state index contributed by atoms with van der Waals surface area (Å²) in [7, 11) is 0. The molecule has 150 valence electrons. The summed E-state index contributed by atoms with van der Waals surface area (Å²) in [6, 6.07) is 3.56. The average Bonchev–Trinajstić information content (AvgIpc) is 3.21. The third-order valence-electron chi connectivity index (χ3n) is 3.62. The molecule has 1 fully saturated rings. The molecule has 0 atom stereocenters. The van der Waals surface area contributed by atoms with Crippen LogP contribution < -0.4 is 11.5 Å². The monoisotopic (exact) mass is 456 g/mol. The topological polar surface area (TPSA) is 112 Å². The van der Waals surface area contributed by atoms with Gasteiger partial charge in [0.2, 0.25) is 5.78 Å². The lowest BCUT2D eigenvalue weighted by atomic mass is 10.1. The van der Waals surface area contributed by atoms with Gasteiger partial charge in [0.05, 0.1) is 24.5 Å². The second-order valence-corrected chi connectivity index (χ2v) is 6.18. The Bertz CT molecular complexity index is 862. The highest BCUT2D eigenvalue weighted by Gasteiger charge is 2.26. The van der Waals surface area contributed by atoms with Gasteiger partial charge in [-0.2, -0.15) is 0 Å². The number of hydrogen-bond donors (Lipinski definition) is 2. The molecule has 0 amide bonds. The molecule has 1 aliphatic heterocycles. The Kier molecular flexibility index (Phi) is 7.97. The van der Waals surface area contributed by atoms with E-state index in [-0.39, 0.29) is 21.4 Å². The van der Waals surface area contributed by atoms with Gasteiger partial charge in [-0.25, -0.2) is 13.8 Å². The van der Waals surface area contributed by atoms with Crippen LogP contribution in [0.25, 0.3) is 0 Å². The number of aliphatic imine (C=N–C) groups is 2. The first-order valence-corrected chi connectivity index (χ1v) is 9.08. The lowest BCUT2D eigenvalue weighted by Gasteiger charge is -2.13. The van der Waals surface area contributed by atoms with Gasteiger partial charge in [0.15, 0.2) is 12.1 Å². The fraction of sp³-hybridized carbons (Fsp3) is 0.278. The first-order valence-electron chi connectivity index (χ1n) is 8.28. The van der Waals surface area contributed by atoms with Crippen molar-refractivity contribution in [2.75, 3.05) is 19.8 Å². The number of rotatable bonds is 7. The molecule has 0 radical (unpaired) electrons. The van der Waals surface area contributed by atoms with Crippen molar-refractivity contribution in [2.24, 2.45) is 21.5 Å². The summed E-state index contributed by atoms with van der Waals surface area (Å²) in [4.78, 5) is 20.9. The molecule has 0 aromatic heterocycles. The van der Waals surface area contributed by atoms with Gasteiger partial charge in [0, 0.05) is 24.5 Å². The summed E-state index contributed by atoms with van der Waals surface area (Å²) in [6.07, 6.45) is 0.704. The quantitative estimate of drug-likeness (QED) is 0.483. The number of benzene rings is 1. The van der Waals surface area contributed by atoms with Crippen LogP contribution in [0.2, 0.25) is 0 Å². The highest BCUT2D eigenvalue weighted by Crippen LogP contribution is 2.33. The van der Waals surface area contributed by atoms with Gasteiger partial charge in [-0.3, -0.25) is 9.79 Å². The van der Waals surface area contributed by atoms with Gasteiger partial charge in [-0.15, -0.1) is 0 Å². The molecule has 1 aromatic rings. The zero-order valence-electron chi connectivity index (χ0n) is 15.0. The molecule has 0 spiro atoms. The van der Waals surface area contributed by atoms with E-state index in [0.717, 1.165) is 18.3 Å². The molecule has 7 nitrogen and oxygen atoms in total. The van der Waals surface area contributed by atoms with Crippen molar-refractivity contribution in [3.8, 4) is 0 Å². The van der Waals surface area contributed by atoms with Crippen molar-refractivity contribution in [1.29, 1.82) is 0 Å². The first kappa shape index (κ1) is 21.9. The van der Waals surface area contributed by atoms with Crippen molar-refractivity contribution < 1.29 is 23.0 Å². The molecule has 0 saturated carbocycles. The lowest BCUT2D eigenvalue weighted by Crippen LogP contribution is -2.22. The molecule has 4 N–H and O–H groups in total. The Morgan fingerprint density at radius 3 is 2.57 bits per heavy atom. The minimum absolute atomic E-state index is 0.0913. The number of ketones is 1. The van der Waals surface area contributed by atoms with Crippen molar-refractivity contribution in [3.63, 3.8) is 0 Å². The Morgan fingerprint density at radius 2 is 2.00 bits per heavy atom. The number of hydrogen-bond acceptors (Lipinski definition) is 7. The number of ether oxygens (including phenoxy) is 2. The highest BCUT2D eigenvalue weighted by molar-refractivity contribution is 9.18. The fourth-order valence-electron chi connectivity index (χ4n) is 2.36. The lowest BCUT2D eigenvalue weighted by molar-refractivity contribution is -0.109. The van der Waals surface area contributed by atoms with Gasteiger partial charge in [-0.05, 0) is 41.1 Å². The smallest absolute Gasteiger partial charge is 0.218 e. The number of halogens is 3. The summed E-state index contributed by atoms with van der Waals surface area (Å²) < 4.78 is 39.0. The van der Waals surface area contributed by atoms with E-state index >= 15 is 0 Å². The number of carbonyl (C=O) groups excluding carboxylic acids is 1. The molecule has 28 heavy (non-hydrogen) atoms. The maximum absolute atomic E-state index is 14.4. The van der Waals surface area contributed by atoms with E-state index in [4.69, 9.17) is 20.9 Å². The molecule has 2 rings (SSSR count). The van der Waals surface area contributed by atoms with E-state index < -0.39 is 29.4 Å². The van der Waals surface area contributed by atoms with Gasteiger partial charge in [0.1, 0.15) is 16.1 Å². The van der Waals surface area contributed by atoms with Gasteiger partial charge < -0.3 is 20.9 Å². The van der Waals surface area contributed by atoms with Crippen LogP contribution in [0.4, 0.5) is 14.5 Å². The average molecular weight is 457 g/mol. The van der Waals surface area contributed by atoms with Crippen molar-refractivity contribution in [1.82, 2.24) is 0 Å². The van der Waals surface area contributed by atoms with E-state index in [0.29, 0.717) is 26.0 Å². The first-order chi connectivity index (χ1) is 13.4. The van der Waals surface area contributed by atoms with Crippen LogP contribution in [-0.2, 0) is 14.3 Å². The Hall–Kier alpha value is -2.43. The zero-order chi connectivity index (χ0) is 20.7. The van der Waals surface area contributed by atoms with Crippen LogP contribution in [0, 0.1) is 5.82 Å². The maximum Gasteiger partial charge on any atom is 0.218 e. The molecule has 1 aromatic carbocycles. The number of carbonyl (C=O) groups is 1. The largest absolute Gasteiger partial charge is 0.404 e. The minimum Gasteiger partial charge on any atom is -0.404 e. The standard InChI is InChI=1S/C18H19BrF2N4O3/c1-2-24-17(19)12(8-22)16(26)15(13(21)9-23)25-14-4-3-10(20)7-11(14)18-27-5-6-28-18/h3-4,7-9,18H,2,5-6,22-23H2,1H3. The number of nitrogens with zero attached hydrogens (tertiary/aromatic N) is 2. The Labute approximate surface area is 168 Å². The van der Waals surface area contributed by atoms with Crippen LogP contribution in [0.5, 0.6) is 0 Å². The van der Waals surface area contributed by atoms with Crippen LogP contribution in [0.1, 0.15) is 18.8 Å². The molecular formula is C18H19BrF2N4O3. The molecule has 1 heterocycles. The van der Waals surface area contributed by atoms with E-state index in [2.05, 4.69) is 25.9 Å². The Morgan fingerprint density at radius 1 is 1.32 bits per heavy atom. The molecule has 10 heteroatoms. The zero-order valence-corrected chi connectivity index (χ0v) is 16.6. The number of nitrogens with two attached hydrogens (primary N) is 2. The molecule has 0 unspecified atom stereocenters. The van der Waals surface area contributed by atoms with E-state index in [1.54, 1.807) is 6.92 Å². The summed E-state index contributed by atoms with van der Waals surface area (Å²) in [6.45, 7) is 2.74. The van der Waals surface area contributed by atoms with E-state index in [9.17, 15) is 13.6 Å². The second-order valence-electron chi connectivity index (χ2n) is 5.43. The van der Waals surface area contributed by atoms with Crippen molar-refractivity contribution in [2.45, 2.75) is 13.2 Å². The second kappa shape index (κ2) is 10.2. The van der Waals surface area contributed by atoms with E-state index in [1.807, 2.05) is 0 Å². The third kappa shape index (κ3) is 5.09. The van der Waals surface area contributed by atoms with Crippen molar-refractivity contribution >= 4 is 37.7 Å². The van der Waals surface area contributed by atoms with Crippen LogP contribution in [0.15, 0.2) is 52.0 Å². The predicted octanol–water partition coefficient (Wildman–Crippen LogP) is 2.94. The molecule has 1 saturated heterocycles. The van der Waals surface area contributed by atoms with Crippen molar-refractivity contribution in [3.05, 3.63) is 53.4 Å². The van der Waals surface area contributed by atoms with Gasteiger partial charge >= 0.3 is 0 Å². The van der Waals surface area contributed by atoms with Gasteiger partial charge in [0.25, 0.3) is 0 Å². The van der Waals surface area contributed by atoms with Gasteiger partial charge in [-0.1, -0.05) is 0 Å². The van der Waals surface area contributed by atoms with Crippen LogP contribution in [-0.4, -0.2) is 35.9 Å². The fourth-order valence-corrected chi connectivity index (χ4v) is 2.92. The maximum atomic E-state index is 14.4. The number of Topliss-reactive ketones (excluding diaryl/α,β-unsaturated/α-hetero) is 1. The molecule has 1 aliphatic rings. The normalized spacial score (nSPS) is 17.3. The predicted molar refractivity (Wildman–Crippen MR) is 106 cm³/mol. The summed E-state index contributed by atoms with van der Waals surface area (Å²) in [5.74, 6) is -2.49. The highest BCUT2D eigenvalue weighted by atomic mass is 79.9. The summed E-state index contributed by atoms with van der Waals surface area (Å²) >= 11 is 3.13. The van der Waals surface area contributed by atoms with E-state index in [1.165, 1.54) is 6.07 Å². The van der Waals surface area contributed by atoms with Crippen LogP contribution in [0.3, 0.4) is 0 Å². The Balaban J connectivity index is 2.57. The third-order valence-corrected chi connectivity index (χ3v) is 4.29. The minimum atomic E-state index is -1.08. The van der Waals surface area contributed by atoms with Crippen LogP contribution >= 0.6 is 15.9 Å².